The average molecular weight is 307 g/mol. The number of sulfonamides is 1. The minimum Gasteiger partial charge on any atom is -0.465 e. The number of esters is 1. The quantitative estimate of drug-likeness (QED) is 0.585. The fraction of sp³-hybridized carbons (Fsp3) is 0.455. The van der Waals surface area contributed by atoms with Crippen LogP contribution in [0.25, 0.3) is 0 Å². The molecule has 0 aliphatic heterocycles. The third-order valence-electron chi connectivity index (χ3n) is 2.31. The Labute approximate surface area is 117 Å². The Morgan fingerprint density at radius 1 is 1.47 bits per heavy atom. The van der Waals surface area contributed by atoms with Gasteiger partial charge in [-0.3, -0.25) is 4.79 Å². The van der Waals surface area contributed by atoms with Crippen LogP contribution in [0.1, 0.15) is 13.8 Å². The Balaban J connectivity index is 3.03. The van der Waals surface area contributed by atoms with Crippen LogP contribution >= 0.6 is 11.6 Å². The van der Waals surface area contributed by atoms with E-state index in [2.05, 4.69) is 4.98 Å². The molecular formula is C11H15ClN2O4S. The normalized spacial score (nSPS) is 11.6. The maximum absolute atomic E-state index is 12.3. The second kappa shape index (κ2) is 6.83. The average Bonchev–Trinajstić information content (AvgIpc) is 2.36. The summed E-state index contributed by atoms with van der Waals surface area (Å²) in [7, 11) is -3.86. The van der Waals surface area contributed by atoms with Gasteiger partial charge in [-0.05, 0) is 19.1 Å². The van der Waals surface area contributed by atoms with E-state index in [-0.39, 0.29) is 29.7 Å². The van der Waals surface area contributed by atoms with Crippen molar-refractivity contribution >= 4 is 27.6 Å². The SMILES string of the molecule is CCOC(=O)CN(CC)S(=O)(=O)c1cccnc1Cl. The standard InChI is InChI=1S/C11H15ClN2O4S/c1-3-14(8-10(15)18-4-2)19(16,17)9-6-5-7-13-11(9)12/h5-7H,3-4,8H2,1-2H3. The molecule has 1 rings (SSSR count). The van der Waals surface area contributed by atoms with Gasteiger partial charge < -0.3 is 4.74 Å². The Kier molecular flexibility index (Phi) is 5.71. The van der Waals surface area contributed by atoms with E-state index in [9.17, 15) is 13.2 Å². The minimum absolute atomic E-state index is 0.121. The van der Waals surface area contributed by atoms with Gasteiger partial charge in [0.1, 0.15) is 16.6 Å². The fourth-order valence-electron chi connectivity index (χ4n) is 1.42. The molecule has 0 spiro atoms. The lowest BCUT2D eigenvalue weighted by atomic mass is 10.5. The highest BCUT2D eigenvalue weighted by atomic mass is 35.5. The van der Waals surface area contributed by atoms with Crippen molar-refractivity contribution in [3.63, 3.8) is 0 Å². The van der Waals surface area contributed by atoms with Gasteiger partial charge in [0, 0.05) is 12.7 Å². The molecule has 0 aliphatic rings. The molecule has 19 heavy (non-hydrogen) atoms. The zero-order valence-electron chi connectivity index (χ0n) is 10.7. The molecule has 0 aromatic carbocycles. The Bertz CT molecular complexity index is 547. The zero-order valence-corrected chi connectivity index (χ0v) is 12.2. The van der Waals surface area contributed by atoms with Gasteiger partial charge in [0.25, 0.3) is 0 Å². The highest BCUT2D eigenvalue weighted by molar-refractivity contribution is 7.89. The van der Waals surface area contributed by atoms with Crippen molar-refractivity contribution in [1.29, 1.82) is 0 Å². The molecule has 0 saturated carbocycles. The first kappa shape index (κ1) is 15.9. The summed E-state index contributed by atoms with van der Waals surface area (Å²) < 4.78 is 30.4. The topological polar surface area (TPSA) is 76.6 Å². The maximum atomic E-state index is 12.3. The summed E-state index contributed by atoms with van der Waals surface area (Å²) >= 11 is 5.77. The van der Waals surface area contributed by atoms with Crippen LogP contribution in [-0.4, -0.2) is 43.4 Å². The number of ether oxygens (including phenoxy) is 1. The monoisotopic (exact) mass is 306 g/mol. The van der Waals surface area contributed by atoms with Gasteiger partial charge in [0.2, 0.25) is 10.0 Å². The molecule has 0 bridgehead atoms. The van der Waals surface area contributed by atoms with Crippen molar-refractivity contribution in [2.45, 2.75) is 18.7 Å². The summed E-state index contributed by atoms with van der Waals surface area (Å²) in [4.78, 5) is 15.0. The number of carbonyl (C=O) groups is 1. The predicted molar refractivity (Wildman–Crippen MR) is 70.3 cm³/mol. The van der Waals surface area contributed by atoms with Crippen LogP contribution in [0.5, 0.6) is 0 Å². The lowest BCUT2D eigenvalue weighted by Gasteiger charge is -2.19. The van der Waals surface area contributed by atoms with Gasteiger partial charge in [-0.1, -0.05) is 18.5 Å². The molecule has 0 atom stereocenters. The Hall–Kier alpha value is -1.18. The number of halogens is 1. The van der Waals surface area contributed by atoms with Crippen molar-refractivity contribution in [3.8, 4) is 0 Å². The van der Waals surface area contributed by atoms with Crippen LogP contribution in [-0.2, 0) is 19.6 Å². The van der Waals surface area contributed by atoms with Gasteiger partial charge in [0.05, 0.1) is 6.61 Å². The molecule has 8 heteroatoms. The number of likely N-dealkylation sites (N-methyl/N-ethyl adjacent to an activating group) is 1. The lowest BCUT2D eigenvalue weighted by molar-refractivity contribution is -0.143. The summed E-state index contributed by atoms with van der Waals surface area (Å²) in [5.74, 6) is -0.604. The first-order valence-corrected chi connectivity index (χ1v) is 7.51. The molecule has 0 N–H and O–H groups in total. The van der Waals surface area contributed by atoms with E-state index in [4.69, 9.17) is 16.3 Å². The van der Waals surface area contributed by atoms with Crippen LogP contribution < -0.4 is 0 Å². The number of rotatable bonds is 6. The number of carbonyl (C=O) groups excluding carboxylic acids is 1. The fourth-order valence-corrected chi connectivity index (χ4v) is 3.24. The number of nitrogens with zero attached hydrogens (tertiary/aromatic N) is 2. The largest absolute Gasteiger partial charge is 0.465 e. The number of aromatic nitrogens is 1. The van der Waals surface area contributed by atoms with Gasteiger partial charge in [0.15, 0.2) is 0 Å². The number of hydrogen-bond donors (Lipinski definition) is 0. The Morgan fingerprint density at radius 2 is 2.16 bits per heavy atom. The molecule has 1 aromatic heterocycles. The van der Waals surface area contributed by atoms with Crippen LogP contribution in [0.2, 0.25) is 5.15 Å². The van der Waals surface area contributed by atoms with Crippen LogP contribution in [0.3, 0.4) is 0 Å². The Morgan fingerprint density at radius 3 is 2.68 bits per heavy atom. The van der Waals surface area contributed by atoms with E-state index >= 15 is 0 Å². The van der Waals surface area contributed by atoms with Gasteiger partial charge in [-0.25, -0.2) is 13.4 Å². The van der Waals surface area contributed by atoms with E-state index in [0.717, 1.165) is 4.31 Å². The van der Waals surface area contributed by atoms with Crippen LogP contribution in [0, 0.1) is 0 Å². The summed E-state index contributed by atoms with van der Waals surface area (Å²) in [6.45, 7) is 3.26. The number of hydrogen-bond acceptors (Lipinski definition) is 5. The lowest BCUT2D eigenvalue weighted by Crippen LogP contribution is -2.36. The molecule has 0 radical (unpaired) electrons. The zero-order chi connectivity index (χ0) is 14.5. The van der Waals surface area contributed by atoms with Crippen LogP contribution in [0.15, 0.2) is 23.2 Å². The first-order chi connectivity index (χ1) is 8.93. The van der Waals surface area contributed by atoms with Crippen molar-refractivity contribution in [3.05, 3.63) is 23.5 Å². The summed E-state index contributed by atoms with van der Waals surface area (Å²) in [6, 6.07) is 2.81. The highest BCUT2D eigenvalue weighted by Crippen LogP contribution is 2.21. The molecule has 0 saturated heterocycles. The van der Waals surface area contributed by atoms with Crippen LogP contribution in [0.4, 0.5) is 0 Å². The number of pyridine rings is 1. The maximum Gasteiger partial charge on any atom is 0.321 e. The molecule has 106 valence electrons. The van der Waals surface area contributed by atoms with Gasteiger partial charge in [-0.15, -0.1) is 0 Å². The van der Waals surface area contributed by atoms with Crippen molar-refractivity contribution in [2.75, 3.05) is 19.7 Å². The van der Waals surface area contributed by atoms with E-state index in [0.29, 0.717) is 0 Å². The first-order valence-electron chi connectivity index (χ1n) is 5.69. The molecule has 0 amide bonds. The van der Waals surface area contributed by atoms with Crippen molar-refractivity contribution in [2.24, 2.45) is 0 Å². The van der Waals surface area contributed by atoms with E-state index in [1.165, 1.54) is 18.3 Å². The second-order valence-corrected chi connectivity index (χ2v) is 5.79. The smallest absolute Gasteiger partial charge is 0.321 e. The van der Waals surface area contributed by atoms with E-state index in [1.54, 1.807) is 13.8 Å². The molecule has 1 aromatic rings. The van der Waals surface area contributed by atoms with E-state index < -0.39 is 16.0 Å². The summed E-state index contributed by atoms with van der Waals surface area (Å²) in [6.07, 6.45) is 1.39. The second-order valence-electron chi connectivity index (χ2n) is 3.53. The third-order valence-corrected chi connectivity index (χ3v) is 4.67. The molecule has 6 nitrogen and oxygen atoms in total. The molecule has 1 heterocycles. The molecule has 0 fully saturated rings. The molecule has 0 aliphatic carbocycles. The van der Waals surface area contributed by atoms with Gasteiger partial charge in [-0.2, -0.15) is 4.31 Å². The summed E-state index contributed by atoms with van der Waals surface area (Å²) in [5.41, 5.74) is 0. The molecular weight excluding hydrogens is 292 g/mol. The highest BCUT2D eigenvalue weighted by Gasteiger charge is 2.28. The van der Waals surface area contributed by atoms with Crippen molar-refractivity contribution < 1.29 is 17.9 Å². The minimum atomic E-state index is -3.86. The molecule has 0 unspecified atom stereocenters. The van der Waals surface area contributed by atoms with Gasteiger partial charge >= 0.3 is 5.97 Å². The van der Waals surface area contributed by atoms with Crippen molar-refractivity contribution in [1.82, 2.24) is 9.29 Å². The summed E-state index contributed by atoms with van der Waals surface area (Å²) in [5, 5.41) is -0.121. The van der Waals surface area contributed by atoms with E-state index in [1.807, 2.05) is 0 Å². The third kappa shape index (κ3) is 3.89. The predicted octanol–water partition coefficient (Wildman–Crippen LogP) is 1.31.